The van der Waals surface area contributed by atoms with Crippen LogP contribution < -0.4 is 10.6 Å². The smallest absolute Gasteiger partial charge is 0.374 e. The van der Waals surface area contributed by atoms with Gasteiger partial charge in [0.1, 0.15) is 5.82 Å². The van der Waals surface area contributed by atoms with E-state index in [0.29, 0.717) is 5.92 Å². The number of amides is 1. The summed E-state index contributed by atoms with van der Waals surface area (Å²) in [5, 5.41) is 15.4. The summed E-state index contributed by atoms with van der Waals surface area (Å²) in [4.78, 5) is 15.2. The lowest BCUT2D eigenvalue weighted by molar-refractivity contribution is -0.272. The minimum absolute atomic E-state index is 0.0589. The maximum Gasteiger partial charge on any atom is 0.424 e. The number of halogens is 3. The summed E-state index contributed by atoms with van der Waals surface area (Å²) in [7, 11) is 1.37. The fourth-order valence-electron chi connectivity index (χ4n) is 2.30. The second kappa shape index (κ2) is 6.88. The minimum Gasteiger partial charge on any atom is -0.374 e. The van der Waals surface area contributed by atoms with Gasteiger partial charge in [-0.25, -0.2) is 4.98 Å². The van der Waals surface area contributed by atoms with Crippen molar-refractivity contribution in [2.75, 3.05) is 19.6 Å². The monoisotopic (exact) mass is 334 g/mol. The molecule has 1 saturated carbocycles. The Morgan fingerprint density at radius 1 is 1.48 bits per heavy atom. The van der Waals surface area contributed by atoms with E-state index in [-0.39, 0.29) is 13.1 Å². The second-order valence-corrected chi connectivity index (χ2v) is 5.89. The average Bonchev–Trinajstić information content (AvgIpc) is 3.17. The summed E-state index contributed by atoms with van der Waals surface area (Å²) < 4.78 is 40.8. The van der Waals surface area contributed by atoms with Gasteiger partial charge in [-0.3, -0.25) is 4.79 Å². The molecule has 1 amide bonds. The molecular formula is C14H21F3N4O2. The van der Waals surface area contributed by atoms with Gasteiger partial charge in [0.05, 0.1) is 6.54 Å². The van der Waals surface area contributed by atoms with Crippen molar-refractivity contribution in [3.63, 3.8) is 0 Å². The first-order chi connectivity index (χ1) is 10.7. The van der Waals surface area contributed by atoms with Crippen molar-refractivity contribution in [2.24, 2.45) is 13.0 Å². The first-order valence-corrected chi connectivity index (χ1v) is 7.48. The van der Waals surface area contributed by atoms with Gasteiger partial charge in [0.2, 0.25) is 11.5 Å². The summed E-state index contributed by atoms with van der Waals surface area (Å²) >= 11 is 0. The molecule has 0 spiro atoms. The van der Waals surface area contributed by atoms with E-state index in [1.54, 1.807) is 0 Å². The Kier molecular flexibility index (Phi) is 5.30. The van der Waals surface area contributed by atoms with Crippen LogP contribution in [0.15, 0.2) is 12.4 Å². The zero-order valence-electron chi connectivity index (χ0n) is 12.9. The maximum absolute atomic E-state index is 13.2. The molecule has 6 nitrogen and oxygen atoms in total. The molecule has 1 aliphatic carbocycles. The SMILES string of the molecule is Cn1ccnc1C(O)(CCNC(=O)CNCC1CC1)C(F)(F)F. The molecule has 23 heavy (non-hydrogen) atoms. The topological polar surface area (TPSA) is 79.2 Å². The van der Waals surface area contributed by atoms with Crippen LogP contribution in [0.3, 0.4) is 0 Å². The van der Waals surface area contributed by atoms with Crippen LogP contribution in [-0.4, -0.2) is 46.4 Å². The van der Waals surface area contributed by atoms with Gasteiger partial charge in [0.15, 0.2) is 0 Å². The highest BCUT2D eigenvalue weighted by molar-refractivity contribution is 5.77. The molecule has 0 saturated heterocycles. The van der Waals surface area contributed by atoms with Crippen LogP contribution in [0.25, 0.3) is 0 Å². The van der Waals surface area contributed by atoms with Crippen molar-refractivity contribution in [3.05, 3.63) is 18.2 Å². The third kappa shape index (κ3) is 4.44. The van der Waals surface area contributed by atoms with Crippen molar-refractivity contribution in [2.45, 2.75) is 31.0 Å². The molecule has 0 radical (unpaired) electrons. The van der Waals surface area contributed by atoms with Crippen LogP contribution in [0.1, 0.15) is 25.1 Å². The first kappa shape index (κ1) is 17.7. The third-order valence-corrected chi connectivity index (χ3v) is 3.88. The number of aliphatic hydroxyl groups is 1. The summed E-state index contributed by atoms with van der Waals surface area (Å²) in [5.74, 6) is -0.275. The lowest BCUT2D eigenvalue weighted by Gasteiger charge is -2.30. The average molecular weight is 334 g/mol. The number of aryl methyl sites for hydroxylation is 1. The molecule has 1 fully saturated rings. The number of rotatable bonds is 8. The molecule has 0 aromatic carbocycles. The quantitative estimate of drug-likeness (QED) is 0.653. The van der Waals surface area contributed by atoms with Gasteiger partial charge < -0.3 is 20.3 Å². The number of nitrogens with one attached hydrogen (secondary N) is 2. The van der Waals surface area contributed by atoms with Crippen molar-refractivity contribution >= 4 is 5.91 Å². The highest BCUT2D eigenvalue weighted by atomic mass is 19.4. The lowest BCUT2D eigenvalue weighted by atomic mass is 9.97. The van der Waals surface area contributed by atoms with Crippen molar-refractivity contribution in [3.8, 4) is 0 Å². The Morgan fingerprint density at radius 3 is 2.70 bits per heavy atom. The number of hydrogen-bond acceptors (Lipinski definition) is 4. The van der Waals surface area contributed by atoms with E-state index in [4.69, 9.17) is 0 Å². The van der Waals surface area contributed by atoms with E-state index in [9.17, 15) is 23.1 Å². The van der Waals surface area contributed by atoms with E-state index in [0.717, 1.165) is 24.0 Å². The largest absolute Gasteiger partial charge is 0.424 e. The second-order valence-electron chi connectivity index (χ2n) is 5.89. The zero-order valence-corrected chi connectivity index (χ0v) is 12.9. The molecule has 0 aliphatic heterocycles. The summed E-state index contributed by atoms with van der Waals surface area (Å²) in [6.45, 7) is 0.503. The van der Waals surface area contributed by atoms with Crippen LogP contribution >= 0.6 is 0 Å². The molecule has 1 aromatic heterocycles. The number of carbonyl (C=O) groups excluding carboxylic acids is 1. The molecule has 0 bridgehead atoms. The van der Waals surface area contributed by atoms with Crippen LogP contribution in [0.5, 0.6) is 0 Å². The Hall–Kier alpha value is -1.61. The van der Waals surface area contributed by atoms with Crippen LogP contribution in [-0.2, 0) is 17.4 Å². The molecule has 3 N–H and O–H groups in total. The molecule has 2 rings (SSSR count). The van der Waals surface area contributed by atoms with Gasteiger partial charge in [0, 0.05) is 32.4 Å². The standard InChI is InChI=1S/C14H21F3N4O2/c1-21-7-6-20-12(21)13(23,14(15,16)17)4-5-19-11(22)9-18-8-10-2-3-10/h6-7,10,18,23H,2-5,8-9H2,1H3,(H,19,22). The Morgan fingerprint density at radius 2 is 2.17 bits per heavy atom. The lowest BCUT2D eigenvalue weighted by Crippen LogP contribution is -2.47. The normalized spacial score (nSPS) is 17.8. The summed E-state index contributed by atoms with van der Waals surface area (Å²) in [6.07, 6.45) is -0.774. The number of nitrogens with zero attached hydrogens (tertiary/aromatic N) is 2. The maximum atomic E-state index is 13.2. The number of carbonyl (C=O) groups is 1. The molecule has 1 atom stereocenters. The predicted octanol–water partition coefficient (Wildman–Crippen LogP) is 0.676. The van der Waals surface area contributed by atoms with Crippen LogP contribution in [0.4, 0.5) is 13.2 Å². The van der Waals surface area contributed by atoms with Gasteiger partial charge in [-0.15, -0.1) is 0 Å². The van der Waals surface area contributed by atoms with Gasteiger partial charge in [-0.1, -0.05) is 0 Å². The molecule has 9 heteroatoms. The number of hydrogen-bond donors (Lipinski definition) is 3. The fourth-order valence-corrected chi connectivity index (χ4v) is 2.30. The van der Waals surface area contributed by atoms with Gasteiger partial charge in [-0.2, -0.15) is 13.2 Å². The van der Waals surface area contributed by atoms with Gasteiger partial charge in [-0.05, 0) is 25.3 Å². The highest BCUT2D eigenvalue weighted by Gasteiger charge is 2.57. The van der Waals surface area contributed by atoms with Crippen LogP contribution in [0, 0.1) is 5.92 Å². The molecule has 1 unspecified atom stereocenters. The Balaban J connectivity index is 1.86. The van der Waals surface area contributed by atoms with Crippen molar-refractivity contribution < 1.29 is 23.1 Å². The van der Waals surface area contributed by atoms with Crippen molar-refractivity contribution in [1.29, 1.82) is 0 Å². The van der Waals surface area contributed by atoms with E-state index < -0.39 is 29.9 Å². The number of aromatic nitrogens is 2. The zero-order chi connectivity index (χ0) is 17.1. The molecule has 1 aliphatic rings. The molecule has 1 heterocycles. The number of imidazole rings is 1. The van der Waals surface area contributed by atoms with Crippen molar-refractivity contribution in [1.82, 2.24) is 20.2 Å². The van der Waals surface area contributed by atoms with E-state index in [2.05, 4.69) is 15.6 Å². The summed E-state index contributed by atoms with van der Waals surface area (Å²) in [6, 6.07) is 0. The fraction of sp³-hybridized carbons (Fsp3) is 0.714. The third-order valence-electron chi connectivity index (χ3n) is 3.88. The minimum atomic E-state index is -4.89. The first-order valence-electron chi connectivity index (χ1n) is 7.48. The molecule has 1 aromatic rings. The number of alkyl halides is 3. The predicted molar refractivity (Wildman–Crippen MR) is 76.4 cm³/mol. The van der Waals surface area contributed by atoms with Gasteiger partial charge in [0.25, 0.3) is 0 Å². The highest BCUT2D eigenvalue weighted by Crippen LogP contribution is 2.40. The van der Waals surface area contributed by atoms with E-state index in [1.165, 1.54) is 19.4 Å². The van der Waals surface area contributed by atoms with Gasteiger partial charge >= 0.3 is 6.18 Å². The Labute approximate surface area is 132 Å². The molecular weight excluding hydrogens is 313 g/mol. The summed E-state index contributed by atoms with van der Waals surface area (Å²) in [5.41, 5.74) is -3.10. The van der Waals surface area contributed by atoms with Crippen LogP contribution in [0.2, 0.25) is 0 Å². The molecule has 130 valence electrons. The Bertz CT molecular complexity index is 542. The van der Waals surface area contributed by atoms with E-state index in [1.807, 2.05) is 0 Å². The van der Waals surface area contributed by atoms with E-state index >= 15 is 0 Å².